The Morgan fingerprint density at radius 2 is 2.03 bits per heavy atom. The van der Waals surface area contributed by atoms with Crippen LogP contribution in [0.1, 0.15) is 23.9 Å². The van der Waals surface area contributed by atoms with E-state index in [1.807, 2.05) is 54.9 Å². The summed E-state index contributed by atoms with van der Waals surface area (Å²) < 4.78 is 7.62. The van der Waals surface area contributed by atoms with Gasteiger partial charge in [0, 0.05) is 17.8 Å². The van der Waals surface area contributed by atoms with Gasteiger partial charge in [0.2, 0.25) is 5.91 Å². The number of halogens is 1. The van der Waals surface area contributed by atoms with Gasteiger partial charge in [-0.1, -0.05) is 48.5 Å². The van der Waals surface area contributed by atoms with Crippen LogP contribution in [0.5, 0.6) is 5.75 Å². The smallest absolute Gasteiger partial charge is 0.234 e. The van der Waals surface area contributed by atoms with Gasteiger partial charge in [-0.05, 0) is 48.7 Å². The molecule has 0 bridgehead atoms. The van der Waals surface area contributed by atoms with E-state index in [9.17, 15) is 4.79 Å². The second kappa shape index (κ2) is 9.80. The molecule has 0 fully saturated rings. The Morgan fingerprint density at radius 1 is 1.24 bits per heavy atom. The fourth-order valence-electron chi connectivity index (χ4n) is 2.72. The number of hydrogen-bond donors (Lipinski definition) is 1. The summed E-state index contributed by atoms with van der Waals surface area (Å²) in [6, 6.07) is 13.3. The summed E-state index contributed by atoms with van der Waals surface area (Å²) >= 11 is 7.38. The van der Waals surface area contributed by atoms with E-state index in [2.05, 4.69) is 22.4 Å². The number of carbonyl (C=O) groups excluding carboxylic acids is 1. The average Bonchev–Trinajstić information content (AvgIpc) is 3.07. The Balaban J connectivity index is 1.55. The molecule has 1 amide bonds. The van der Waals surface area contributed by atoms with Crippen molar-refractivity contribution >= 4 is 35.0 Å². The highest BCUT2D eigenvalue weighted by Crippen LogP contribution is 2.23. The highest BCUT2D eigenvalue weighted by molar-refractivity contribution is 7.99. The summed E-state index contributed by atoms with van der Waals surface area (Å²) in [6.07, 6.45) is 0.864. The van der Waals surface area contributed by atoms with Gasteiger partial charge in [0.05, 0.1) is 5.75 Å². The topological polar surface area (TPSA) is 69.0 Å². The number of hydrogen-bond acceptors (Lipinski definition) is 5. The third-order valence-corrected chi connectivity index (χ3v) is 5.87. The first-order valence-corrected chi connectivity index (χ1v) is 10.6. The van der Waals surface area contributed by atoms with Crippen LogP contribution in [0.3, 0.4) is 0 Å². The molecular weight excluding hydrogens is 408 g/mol. The van der Waals surface area contributed by atoms with Crippen LogP contribution in [0, 0.1) is 6.92 Å². The van der Waals surface area contributed by atoms with E-state index in [1.54, 1.807) is 6.07 Å². The largest absolute Gasteiger partial charge is 0.486 e. The zero-order chi connectivity index (χ0) is 20.8. The minimum absolute atomic E-state index is 0.0756. The minimum atomic E-state index is -0.0756. The molecule has 0 radical (unpaired) electrons. The molecule has 29 heavy (non-hydrogen) atoms. The summed E-state index contributed by atoms with van der Waals surface area (Å²) in [5, 5.41) is 12.7. The molecule has 0 unspecified atom stereocenters. The van der Waals surface area contributed by atoms with Gasteiger partial charge in [-0.3, -0.25) is 4.79 Å². The van der Waals surface area contributed by atoms with E-state index in [0.29, 0.717) is 16.0 Å². The van der Waals surface area contributed by atoms with Gasteiger partial charge >= 0.3 is 0 Å². The molecule has 152 valence electrons. The first-order chi connectivity index (χ1) is 14.0. The Hall–Kier alpha value is -2.51. The number of ether oxygens (including phenoxy) is 1. The van der Waals surface area contributed by atoms with Gasteiger partial charge in [0.1, 0.15) is 12.4 Å². The number of amides is 1. The van der Waals surface area contributed by atoms with E-state index in [4.69, 9.17) is 16.3 Å². The number of nitrogens with zero attached hydrogens (tertiary/aromatic N) is 3. The molecule has 0 aliphatic carbocycles. The fraction of sp³-hybridized carbons (Fsp3) is 0.286. The number of thioether (sulfide) groups is 1. The van der Waals surface area contributed by atoms with Gasteiger partial charge in [-0.25, -0.2) is 0 Å². The van der Waals surface area contributed by atoms with E-state index >= 15 is 0 Å². The van der Waals surface area contributed by atoms with Crippen LogP contribution < -0.4 is 10.1 Å². The Morgan fingerprint density at radius 3 is 2.79 bits per heavy atom. The second-order valence-electron chi connectivity index (χ2n) is 6.51. The predicted octanol–water partition coefficient (Wildman–Crippen LogP) is 4.65. The van der Waals surface area contributed by atoms with Gasteiger partial charge in [0.15, 0.2) is 11.0 Å². The first kappa shape index (κ1) is 21.2. The van der Waals surface area contributed by atoms with Crippen molar-refractivity contribution in [1.29, 1.82) is 0 Å². The molecule has 0 atom stereocenters. The van der Waals surface area contributed by atoms with Crippen molar-refractivity contribution in [3.8, 4) is 5.75 Å². The summed E-state index contributed by atoms with van der Waals surface area (Å²) in [4.78, 5) is 12.3. The summed E-state index contributed by atoms with van der Waals surface area (Å²) in [6.45, 7) is 4.27. The van der Waals surface area contributed by atoms with Crippen LogP contribution in [-0.4, -0.2) is 26.4 Å². The number of anilines is 1. The molecule has 0 aliphatic heterocycles. The predicted molar refractivity (Wildman–Crippen MR) is 117 cm³/mol. The van der Waals surface area contributed by atoms with Gasteiger partial charge in [0.25, 0.3) is 0 Å². The summed E-state index contributed by atoms with van der Waals surface area (Å²) in [5.41, 5.74) is 2.92. The third kappa shape index (κ3) is 5.52. The third-order valence-electron chi connectivity index (χ3n) is 4.43. The lowest BCUT2D eigenvalue weighted by Gasteiger charge is -2.09. The monoisotopic (exact) mass is 430 g/mol. The van der Waals surface area contributed by atoms with Crippen LogP contribution in [0.4, 0.5) is 5.69 Å². The van der Waals surface area contributed by atoms with Crippen molar-refractivity contribution in [3.63, 3.8) is 0 Å². The van der Waals surface area contributed by atoms with Gasteiger partial charge in [-0.2, -0.15) is 0 Å². The normalized spacial score (nSPS) is 10.8. The van der Waals surface area contributed by atoms with Crippen molar-refractivity contribution in [3.05, 3.63) is 64.4 Å². The lowest BCUT2D eigenvalue weighted by molar-refractivity contribution is -0.113. The number of para-hydroxylation sites is 1. The maximum Gasteiger partial charge on any atom is 0.234 e. The maximum atomic E-state index is 12.3. The standard InChI is InChI=1S/C21H23ClN4O2S/c1-4-15-7-5-6-8-18(15)23-20(27)13-29-21-25-24-19(26(21)3)12-28-16-9-10-17(22)14(2)11-16/h5-11H,4,12-13H2,1-3H3,(H,23,27). The zero-order valence-electron chi connectivity index (χ0n) is 16.6. The van der Waals surface area contributed by atoms with Crippen LogP contribution in [0.2, 0.25) is 5.02 Å². The highest BCUT2D eigenvalue weighted by Gasteiger charge is 2.13. The Kier molecular flexibility index (Phi) is 7.17. The second-order valence-corrected chi connectivity index (χ2v) is 7.85. The highest BCUT2D eigenvalue weighted by atomic mass is 35.5. The van der Waals surface area contributed by atoms with Crippen LogP contribution in [-0.2, 0) is 24.9 Å². The summed E-state index contributed by atoms with van der Waals surface area (Å²) in [7, 11) is 1.86. The van der Waals surface area contributed by atoms with E-state index < -0.39 is 0 Å². The molecule has 6 nitrogen and oxygen atoms in total. The number of aromatic nitrogens is 3. The number of benzene rings is 2. The van der Waals surface area contributed by atoms with Crippen molar-refractivity contribution in [2.75, 3.05) is 11.1 Å². The van der Waals surface area contributed by atoms with Crippen molar-refractivity contribution in [2.24, 2.45) is 7.05 Å². The quantitative estimate of drug-likeness (QED) is 0.527. The molecule has 1 aromatic heterocycles. The molecule has 2 aromatic carbocycles. The molecule has 0 saturated carbocycles. The lowest BCUT2D eigenvalue weighted by Crippen LogP contribution is -2.15. The zero-order valence-corrected chi connectivity index (χ0v) is 18.2. The molecule has 1 heterocycles. The first-order valence-electron chi connectivity index (χ1n) is 9.25. The van der Waals surface area contributed by atoms with Crippen molar-refractivity contribution in [1.82, 2.24) is 14.8 Å². The molecule has 1 N–H and O–H groups in total. The number of nitrogens with one attached hydrogen (secondary N) is 1. The summed E-state index contributed by atoms with van der Waals surface area (Å²) in [5.74, 6) is 1.57. The molecule has 0 saturated heterocycles. The maximum absolute atomic E-state index is 12.3. The fourth-order valence-corrected chi connectivity index (χ4v) is 3.57. The van der Waals surface area contributed by atoms with Crippen LogP contribution >= 0.6 is 23.4 Å². The van der Waals surface area contributed by atoms with Crippen LogP contribution in [0.15, 0.2) is 47.6 Å². The molecule has 8 heteroatoms. The molecule has 3 aromatic rings. The molecule has 0 spiro atoms. The molecular formula is C21H23ClN4O2S. The Bertz CT molecular complexity index is 1010. The van der Waals surface area contributed by atoms with Crippen LogP contribution in [0.25, 0.3) is 0 Å². The number of carbonyl (C=O) groups is 1. The van der Waals surface area contributed by atoms with E-state index in [-0.39, 0.29) is 18.3 Å². The van der Waals surface area contributed by atoms with E-state index in [0.717, 1.165) is 29.0 Å². The average molecular weight is 431 g/mol. The van der Waals surface area contributed by atoms with Crippen molar-refractivity contribution in [2.45, 2.75) is 32.0 Å². The molecule has 3 rings (SSSR count). The Labute approximate surface area is 179 Å². The number of rotatable bonds is 8. The van der Waals surface area contributed by atoms with Crippen molar-refractivity contribution < 1.29 is 9.53 Å². The number of aryl methyl sites for hydroxylation is 2. The van der Waals surface area contributed by atoms with Gasteiger partial charge in [-0.15, -0.1) is 10.2 Å². The molecule has 0 aliphatic rings. The van der Waals surface area contributed by atoms with E-state index in [1.165, 1.54) is 11.8 Å². The SMILES string of the molecule is CCc1ccccc1NC(=O)CSc1nnc(COc2ccc(Cl)c(C)c2)n1C. The van der Waals surface area contributed by atoms with Gasteiger partial charge < -0.3 is 14.6 Å². The lowest BCUT2D eigenvalue weighted by atomic mass is 10.1. The minimum Gasteiger partial charge on any atom is -0.486 e.